The molecule has 0 bridgehead atoms. The molecule has 0 heterocycles. The molecule has 0 aliphatic rings. The number of nitrogens with zero attached hydrogens (tertiary/aromatic N) is 1. The maximum atomic E-state index is 10.9. The first kappa shape index (κ1) is 11.6. The second-order valence-corrected chi connectivity index (χ2v) is 3.06. The Labute approximate surface area is 89.6 Å². The van der Waals surface area contributed by atoms with Gasteiger partial charge in [-0.1, -0.05) is 0 Å². The van der Waals surface area contributed by atoms with E-state index >= 15 is 0 Å². The second kappa shape index (κ2) is 3.97. The first-order valence-corrected chi connectivity index (χ1v) is 4.17. The highest BCUT2D eigenvalue weighted by atomic mass is 16.6. The molecule has 0 spiro atoms. The monoisotopic (exact) mass is 224 g/mol. The molecule has 0 atom stereocenters. The summed E-state index contributed by atoms with van der Waals surface area (Å²) in [4.78, 5) is 31.7. The maximum absolute atomic E-state index is 10.9. The molecule has 1 aromatic rings. The van der Waals surface area contributed by atoms with E-state index in [0.29, 0.717) is 0 Å². The number of benzene rings is 1. The Hall–Kier alpha value is -2.44. The fraction of sp³-hybridized carbons (Fsp3) is 0.111. The zero-order chi connectivity index (χ0) is 12.5. The molecule has 1 amide bonds. The van der Waals surface area contributed by atoms with Crippen molar-refractivity contribution in [2.75, 3.05) is 0 Å². The lowest BCUT2D eigenvalue weighted by atomic mass is 10.00. The van der Waals surface area contributed by atoms with Crippen molar-refractivity contribution in [3.05, 3.63) is 38.9 Å². The van der Waals surface area contributed by atoms with Crippen molar-refractivity contribution in [2.24, 2.45) is 5.73 Å². The predicted molar refractivity (Wildman–Crippen MR) is 53.3 cm³/mol. The number of nitrogens with two attached hydrogens (primary N) is 1. The van der Waals surface area contributed by atoms with Crippen LogP contribution in [0.3, 0.4) is 0 Å². The number of rotatable bonds is 3. The summed E-state index contributed by atoms with van der Waals surface area (Å²) >= 11 is 0. The van der Waals surface area contributed by atoms with Gasteiger partial charge in [-0.2, -0.15) is 0 Å². The van der Waals surface area contributed by atoms with E-state index in [4.69, 9.17) is 10.8 Å². The minimum atomic E-state index is -1.42. The molecule has 3 N–H and O–H groups in total. The minimum Gasteiger partial charge on any atom is -0.478 e. The molecule has 0 saturated carbocycles. The Balaban J connectivity index is 3.60. The van der Waals surface area contributed by atoms with Crippen molar-refractivity contribution in [3.8, 4) is 0 Å². The van der Waals surface area contributed by atoms with Gasteiger partial charge in [0.05, 0.1) is 16.1 Å². The second-order valence-electron chi connectivity index (χ2n) is 3.06. The summed E-state index contributed by atoms with van der Waals surface area (Å²) in [6.07, 6.45) is 0. The fourth-order valence-corrected chi connectivity index (χ4v) is 1.38. The molecule has 0 aliphatic carbocycles. The number of nitro benzene ring substituents is 1. The third-order valence-corrected chi connectivity index (χ3v) is 2.11. The van der Waals surface area contributed by atoms with E-state index in [1.807, 2.05) is 0 Å². The number of aromatic carboxylic acids is 1. The quantitative estimate of drug-likeness (QED) is 0.577. The van der Waals surface area contributed by atoms with Gasteiger partial charge in [0.1, 0.15) is 0 Å². The zero-order valence-electron chi connectivity index (χ0n) is 8.26. The molecule has 1 aromatic carbocycles. The van der Waals surface area contributed by atoms with Crippen LogP contribution in [-0.2, 0) is 0 Å². The normalized spacial score (nSPS) is 9.81. The van der Waals surface area contributed by atoms with Gasteiger partial charge in [0.2, 0.25) is 5.91 Å². The van der Waals surface area contributed by atoms with E-state index in [2.05, 4.69) is 0 Å². The van der Waals surface area contributed by atoms with Gasteiger partial charge in [-0.25, -0.2) is 4.79 Å². The first-order chi connectivity index (χ1) is 7.36. The Morgan fingerprint density at radius 1 is 1.44 bits per heavy atom. The lowest BCUT2D eigenvalue weighted by molar-refractivity contribution is -0.385. The van der Waals surface area contributed by atoms with Crippen molar-refractivity contribution in [1.82, 2.24) is 0 Å². The molecular formula is C9H8N2O5. The van der Waals surface area contributed by atoms with Gasteiger partial charge in [0.25, 0.3) is 5.69 Å². The SMILES string of the molecule is Cc1c([N+](=O)[O-])ccc(C(N)=O)c1C(=O)O. The van der Waals surface area contributed by atoms with Crippen LogP contribution in [0.15, 0.2) is 12.1 Å². The summed E-state index contributed by atoms with van der Waals surface area (Å²) in [6, 6.07) is 2.10. The summed E-state index contributed by atoms with van der Waals surface area (Å²) in [6.45, 7) is 1.26. The van der Waals surface area contributed by atoms with Gasteiger partial charge in [-0.05, 0) is 13.0 Å². The van der Waals surface area contributed by atoms with E-state index in [9.17, 15) is 19.7 Å². The molecule has 16 heavy (non-hydrogen) atoms. The number of carboxylic acids is 1. The van der Waals surface area contributed by atoms with E-state index in [0.717, 1.165) is 12.1 Å². The van der Waals surface area contributed by atoms with Gasteiger partial charge in [0.15, 0.2) is 0 Å². The summed E-state index contributed by atoms with van der Waals surface area (Å²) in [7, 11) is 0. The highest BCUT2D eigenvalue weighted by molar-refractivity contribution is 6.05. The molecule has 0 fully saturated rings. The molecule has 0 aromatic heterocycles. The van der Waals surface area contributed by atoms with Gasteiger partial charge in [-0.15, -0.1) is 0 Å². The number of amides is 1. The van der Waals surface area contributed by atoms with Crippen LogP contribution in [0.4, 0.5) is 5.69 Å². The molecule has 0 unspecified atom stereocenters. The number of primary amides is 1. The third kappa shape index (κ3) is 1.83. The van der Waals surface area contributed by atoms with Gasteiger partial charge >= 0.3 is 5.97 Å². The topological polar surface area (TPSA) is 124 Å². The van der Waals surface area contributed by atoms with Crippen LogP contribution in [0.5, 0.6) is 0 Å². The maximum Gasteiger partial charge on any atom is 0.337 e. The van der Waals surface area contributed by atoms with Crippen LogP contribution in [0.1, 0.15) is 26.3 Å². The van der Waals surface area contributed by atoms with E-state index in [-0.39, 0.29) is 16.8 Å². The number of nitro groups is 1. The summed E-state index contributed by atoms with van der Waals surface area (Å²) < 4.78 is 0. The van der Waals surface area contributed by atoms with Gasteiger partial charge in [0, 0.05) is 11.6 Å². The summed E-state index contributed by atoms with van der Waals surface area (Å²) in [5.41, 5.74) is 3.86. The van der Waals surface area contributed by atoms with Crippen molar-refractivity contribution < 1.29 is 19.6 Å². The lowest BCUT2D eigenvalue weighted by Crippen LogP contribution is -2.18. The first-order valence-electron chi connectivity index (χ1n) is 4.17. The molecule has 7 nitrogen and oxygen atoms in total. The smallest absolute Gasteiger partial charge is 0.337 e. The number of carboxylic acid groups (broad SMARTS) is 1. The summed E-state index contributed by atoms with van der Waals surface area (Å²) in [5.74, 6) is -2.36. The van der Waals surface area contributed by atoms with Crippen molar-refractivity contribution in [2.45, 2.75) is 6.92 Å². The average molecular weight is 224 g/mol. The molecule has 0 aliphatic heterocycles. The number of hydrogen-bond acceptors (Lipinski definition) is 4. The molecule has 0 radical (unpaired) electrons. The lowest BCUT2D eigenvalue weighted by Gasteiger charge is -2.06. The average Bonchev–Trinajstić information content (AvgIpc) is 2.15. The number of carbonyl (C=O) groups excluding carboxylic acids is 1. The van der Waals surface area contributed by atoms with Crippen LogP contribution in [0.2, 0.25) is 0 Å². The Morgan fingerprint density at radius 3 is 2.38 bits per heavy atom. The third-order valence-electron chi connectivity index (χ3n) is 2.11. The van der Waals surface area contributed by atoms with Crippen LogP contribution in [-0.4, -0.2) is 21.9 Å². The van der Waals surface area contributed by atoms with Crippen molar-refractivity contribution in [3.63, 3.8) is 0 Å². The fourth-order valence-electron chi connectivity index (χ4n) is 1.38. The van der Waals surface area contributed by atoms with Crippen LogP contribution in [0.25, 0.3) is 0 Å². The largest absolute Gasteiger partial charge is 0.478 e. The highest BCUT2D eigenvalue weighted by Gasteiger charge is 2.23. The number of carbonyl (C=O) groups is 2. The Morgan fingerprint density at radius 2 is 2.00 bits per heavy atom. The van der Waals surface area contributed by atoms with Crippen molar-refractivity contribution >= 4 is 17.6 Å². The van der Waals surface area contributed by atoms with Gasteiger partial charge in [-0.3, -0.25) is 14.9 Å². The van der Waals surface area contributed by atoms with Crippen LogP contribution >= 0.6 is 0 Å². The highest BCUT2D eigenvalue weighted by Crippen LogP contribution is 2.24. The Kier molecular flexibility index (Phi) is 2.89. The van der Waals surface area contributed by atoms with Gasteiger partial charge < -0.3 is 10.8 Å². The Bertz CT molecular complexity index is 495. The number of hydrogen-bond donors (Lipinski definition) is 2. The van der Waals surface area contributed by atoms with Crippen LogP contribution in [0, 0.1) is 17.0 Å². The van der Waals surface area contributed by atoms with E-state index in [1.54, 1.807) is 0 Å². The molecule has 7 heteroatoms. The molecular weight excluding hydrogens is 216 g/mol. The predicted octanol–water partition coefficient (Wildman–Crippen LogP) is 0.700. The van der Waals surface area contributed by atoms with Crippen molar-refractivity contribution in [1.29, 1.82) is 0 Å². The van der Waals surface area contributed by atoms with E-state index < -0.39 is 22.4 Å². The molecule has 84 valence electrons. The van der Waals surface area contributed by atoms with E-state index in [1.165, 1.54) is 6.92 Å². The summed E-state index contributed by atoms with van der Waals surface area (Å²) in [5, 5.41) is 19.4. The van der Waals surface area contributed by atoms with Crippen LogP contribution < -0.4 is 5.73 Å². The molecule has 1 rings (SSSR count). The zero-order valence-corrected chi connectivity index (χ0v) is 8.26. The standard InChI is InChI=1S/C9H8N2O5/c1-4-6(11(15)16)3-2-5(8(10)12)7(4)9(13)14/h2-3H,1H3,(H2,10,12)(H,13,14). The minimum absolute atomic E-state index is 0.0891. The molecule has 0 saturated heterocycles.